The van der Waals surface area contributed by atoms with Crippen LogP contribution in [0.3, 0.4) is 0 Å². The van der Waals surface area contributed by atoms with Crippen LogP contribution in [-0.2, 0) is 14.3 Å². The summed E-state index contributed by atoms with van der Waals surface area (Å²) in [5.74, 6) is -1.07. The Morgan fingerprint density at radius 1 is 1.21 bits per heavy atom. The maximum Gasteiger partial charge on any atom is 0.326 e. The molecule has 2 amide bonds. The van der Waals surface area contributed by atoms with Crippen molar-refractivity contribution in [2.75, 3.05) is 6.54 Å². The van der Waals surface area contributed by atoms with Crippen LogP contribution in [0.1, 0.15) is 46.2 Å². The number of hydrogen-bond acceptors (Lipinski definition) is 5. The number of carbonyl (C=O) groups excluding carboxylic acids is 3. The lowest BCUT2D eigenvalue weighted by molar-refractivity contribution is -0.156. The van der Waals surface area contributed by atoms with Gasteiger partial charge in [-0.2, -0.15) is 0 Å². The van der Waals surface area contributed by atoms with Gasteiger partial charge in [-0.05, 0) is 58.5 Å². The predicted octanol–water partition coefficient (Wildman–Crippen LogP) is 4.60. The predicted molar refractivity (Wildman–Crippen MR) is 111 cm³/mol. The van der Waals surface area contributed by atoms with Crippen LogP contribution in [0.2, 0.25) is 0 Å². The maximum absolute atomic E-state index is 12.7. The van der Waals surface area contributed by atoms with E-state index in [9.17, 15) is 14.4 Å². The van der Waals surface area contributed by atoms with E-state index in [4.69, 9.17) is 4.74 Å². The van der Waals surface area contributed by atoms with Crippen molar-refractivity contribution in [1.29, 1.82) is 0 Å². The van der Waals surface area contributed by atoms with Crippen molar-refractivity contribution in [3.05, 3.63) is 40.9 Å². The molecule has 0 radical (unpaired) electrons. The zero-order valence-electron chi connectivity index (χ0n) is 16.7. The third-order valence-corrected chi connectivity index (χ3v) is 5.10. The number of nitrogens with zero attached hydrogens (tertiary/aromatic N) is 2. The number of benzene rings is 1. The topological polar surface area (TPSA) is 68.6 Å². The molecule has 148 valence electrons. The fourth-order valence-electron chi connectivity index (χ4n) is 3.05. The molecular formula is C21H24N2O4S. The van der Waals surface area contributed by atoms with Gasteiger partial charge in [0.1, 0.15) is 12.1 Å². The summed E-state index contributed by atoms with van der Waals surface area (Å²) in [7, 11) is 0. The quantitative estimate of drug-likeness (QED) is 0.554. The molecule has 0 atom stereocenters. The van der Waals surface area contributed by atoms with E-state index in [0.717, 1.165) is 33.1 Å². The third-order valence-electron chi connectivity index (χ3n) is 4.20. The number of imide groups is 1. The zero-order chi connectivity index (χ0) is 20.6. The molecule has 2 aromatic rings. The van der Waals surface area contributed by atoms with Crippen LogP contribution in [0.25, 0.3) is 17.0 Å². The van der Waals surface area contributed by atoms with Crippen molar-refractivity contribution >= 4 is 45.9 Å². The summed E-state index contributed by atoms with van der Waals surface area (Å²) < 4.78 is 7.35. The first-order valence-electron chi connectivity index (χ1n) is 9.13. The van der Waals surface area contributed by atoms with E-state index >= 15 is 0 Å². The van der Waals surface area contributed by atoms with Gasteiger partial charge in [-0.1, -0.05) is 18.2 Å². The lowest BCUT2D eigenvalue weighted by Crippen LogP contribution is -2.37. The number of ether oxygens (including phenoxy) is 1. The first-order chi connectivity index (χ1) is 13.1. The number of thioether (sulfide) groups is 1. The second-order valence-corrected chi connectivity index (χ2v) is 8.95. The van der Waals surface area contributed by atoms with Crippen LogP contribution >= 0.6 is 11.8 Å². The van der Waals surface area contributed by atoms with E-state index in [2.05, 4.69) is 18.4 Å². The van der Waals surface area contributed by atoms with Gasteiger partial charge in [-0.15, -0.1) is 0 Å². The average Bonchev–Trinajstić information content (AvgIpc) is 3.07. The molecule has 1 aliphatic heterocycles. The van der Waals surface area contributed by atoms with E-state index in [1.165, 1.54) is 0 Å². The molecule has 1 aromatic heterocycles. The highest BCUT2D eigenvalue weighted by atomic mass is 32.2. The second kappa shape index (κ2) is 7.47. The normalized spacial score (nSPS) is 16.6. The van der Waals surface area contributed by atoms with Gasteiger partial charge in [0.25, 0.3) is 11.1 Å². The van der Waals surface area contributed by atoms with Gasteiger partial charge in [0.05, 0.1) is 4.91 Å². The minimum absolute atomic E-state index is 0.259. The van der Waals surface area contributed by atoms with E-state index in [1.807, 2.05) is 30.5 Å². The SMILES string of the molecule is CC(C)n1cc(/C=C2/SC(=O)N(CC(=O)OC(C)(C)C)C2=O)c2ccccc21. The molecule has 1 fully saturated rings. The molecule has 1 aromatic carbocycles. The van der Waals surface area contributed by atoms with Crippen LogP contribution in [0.5, 0.6) is 0 Å². The standard InChI is InChI=1S/C21H24N2O4S/c1-13(2)22-11-14(15-8-6-7-9-16(15)22)10-17-19(25)23(20(26)28-17)12-18(24)27-21(3,4)5/h6-11,13H,12H2,1-5H3/b17-10+. The Hall–Kier alpha value is -2.54. The van der Waals surface area contributed by atoms with Gasteiger partial charge >= 0.3 is 5.97 Å². The van der Waals surface area contributed by atoms with Crippen LogP contribution < -0.4 is 0 Å². The number of aromatic nitrogens is 1. The Morgan fingerprint density at radius 2 is 1.89 bits per heavy atom. The summed E-state index contributed by atoms with van der Waals surface area (Å²) in [6.45, 7) is 9.01. The number of fused-ring (bicyclic) bond motifs is 1. The van der Waals surface area contributed by atoms with Gasteiger partial charge < -0.3 is 9.30 Å². The van der Waals surface area contributed by atoms with Crippen LogP contribution in [0.15, 0.2) is 35.4 Å². The monoisotopic (exact) mass is 400 g/mol. The molecule has 0 saturated carbocycles. The fraction of sp³-hybridized carbons (Fsp3) is 0.381. The molecule has 0 aliphatic carbocycles. The van der Waals surface area contributed by atoms with Crippen LogP contribution in [0, 0.1) is 0 Å². The third kappa shape index (κ3) is 4.14. The summed E-state index contributed by atoms with van der Waals surface area (Å²) >= 11 is 0.844. The lowest BCUT2D eigenvalue weighted by atomic mass is 10.1. The maximum atomic E-state index is 12.7. The van der Waals surface area contributed by atoms with Gasteiger partial charge in [-0.3, -0.25) is 19.3 Å². The largest absolute Gasteiger partial charge is 0.459 e. The van der Waals surface area contributed by atoms with Crippen LogP contribution in [0.4, 0.5) is 4.79 Å². The summed E-state index contributed by atoms with van der Waals surface area (Å²) in [6, 6.07) is 8.19. The highest BCUT2D eigenvalue weighted by Crippen LogP contribution is 2.34. The van der Waals surface area contributed by atoms with E-state index in [0.29, 0.717) is 4.91 Å². The van der Waals surface area contributed by atoms with Crippen molar-refractivity contribution in [2.45, 2.75) is 46.3 Å². The number of rotatable bonds is 4. The van der Waals surface area contributed by atoms with E-state index in [-0.39, 0.29) is 12.6 Å². The van der Waals surface area contributed by atoms with Crippen molar-refractivity contribution in [2.24, 2.45) is 0 Å². The molecule has 7 heteroatoms. The molecule has 0 N–H and O–H groups in total. The molecule has 3 rings (SSSR count). The second-order valence-electron chi connectivity index (χ2n) is 7.96. The first kappa shape index (κ1) is 20.2. The Bertz CT molecular complexity index is 982. The molecule has 2 heterocycles. The first-order valence-corrected chi connectivity index (χ1v) is 9.95. The van der Waals surface area contributed by atoms with Crippen LogP contribution in [-0.4, -0.2) is 38.7 Å². The molecule has 28 heavy (non-hydrogen) atoms. The van der Waals surface area contributed by atoms with Gasteiger partial charge in [0, 0.05) is 28.7 Å². The molecule has 0 spiro atoms. The van der Waals surface area contributed by atoms with Crippen molar-refractivity contribution in [1.82, 2.24) is 9.47 Å². The minimum atomic E-state index is -0.673. The number of para-hydroxylation sites is 1. The van der Waals surface area contributed by atoms with Crippen molar-refractivity contribution < 1.29 is 19.1 Å². The fourth-order valence-corrected chi connectivity index (χ4v) is 3.88. The summed E-state index contributed by atoms with van der Waals surface area (Å²) in [6.07, 6.45) is 3.71. The minimum Gasteiger partial charge on any atom is -0.459 e. The molecule has 1 saturated heterocycles. The Labute approximate surface area is 168 Å². The number of amides is 2. The number of esters is 1. The van der Waals surface area contributed by atoms with Crippen molar-refractivity contribution in [3.63, 3.8) is 0 Å². The summed E-state index contributed by atoms with van der Waals surface area (Å²) in [5.41, 5.74) is 1.26. The van der Waals surface area contributed by atoms with Gasteiger partial charge in [0.2, 0.25) is 0 Å². The zero-order valence-corrected chi connectivity index (χ0v) is 17.5. The van der Waals surface area contributed by atoms with E-state index in [1.54, 1.807) is 26.8 Å². The highest BCUT2D eigenvalue weighted by molar-refractivity contribution is 8.18. The van der Waals surface area contributed by atoms with Crippen molar-refractivity contribution in [3.8, 4) is 0 Å². The Kier molecular flexibility index (Phi) is 5.39. The van der Waals surface area contributed by atoms with Gasteiger partial charge in [-0.25, -0.2) is 0 Å². The van der Waals surface area contributed by atoms with Gasteiger partial charge in [0.15, 0.2) is 0 Å². The number of carbonyl (C=O) groups is 3. The Morgan fingerprint density at radius 3 is 2.54 bits per heavy atom. The lowest BCUT2D eigenvalue weighted by Gasteiger charge is -2.21. The highest BCUT2D eigenvalue weighted by Gasteiger charge is 2.37. The van der Waals surface area contributed by atoms with E-state index < -0.39 is 22.7 Å². The molecule has 0 bridgehead atoms. The number of hydrogen-bond donors (Lipinski definition) is 0. The molecular weight excluding hydrogens is 376 g/mol. The molecule has 0 unspecified atom stereocenters. The smallest absolute Gasteiger partial charge is 0.326 e. The summed E-state index contributed by atoms with van der Waals surface area (Å²) in [5, 5.41) is 0.546. The molecule has 6 nitrogen and oxygen atoms in total. The summed E-state index contributed by atoms with van der Waals surface area (Å²) in [4.78, 5) is 38.2. The average molecular weight is 401 g/mol. The molecule has 1 aliphatic rings. The Balaban J connectivity index is 1.88.